The maximum absolute atomic E-state index is 9.00. The highest BCUT2D eigenvalue weighted by Gasteiger charge is 2.24. The van der Waals surface area contributed by atoms with Gasteiger partial charge in [0.05, 0.1) is 30.7 Å². The molecule has 0 aliphatic carbocycles. The van der Waals surface area contributed by atoms with Crippen molar-refractivity contribution in [2.45, 2.75) is 13.1 Å². The Morgan fingerprint density at radius 3 is 2.86 bits per heavy atom. The van der Waals surface area contributed by atoms with Crippen molar-refractivity contribution in [2.75, 3.05) is 0 Å². The molecule has 1 N–H and O–H groups in total. The van der Waals surface area contributed by atoms with Gasteiger partial charge in [0.1, 0.15) is 5.82 Å². The van der Waals surface area contributed by atoms with Crippen molar-refractivity contribution < 1.29 is 0 Å². The predicted molar refractivity (Wildman–Crippen MR) is 76.0 cm³/mol. The third-order valence-electron chi connectivity index (χ3n) is 3.66. The summed E-state index contributed by atoms with van der Waals surface area (Å²) in [4.78, 5) is 1.71. The monoisotopic (exact) mass is 276 g/mol. The van der Waals surface area contributed by atoms with Crippen LogP contribution < -0.4 is 0 Å². The number of hydrogen-bond acceptors (Lipinski definition) is 4. The minimum atomic E-state index is 0.589. The Morgan fingerprint density at radius 2 is 2.05 bits per heavy atom. The van der Waals surface area contributed by atoms with E-state index in [1.165, 1.54) is 0 Å². The molecule has 0 radical (unpaired) electrons. The number of hydrogen-bond donors (Lipinski definition) is 1. The maximum atomic E-state index is 9.00. The summed E-state index contributed by atoms with van der Waals surface area (Å²) < 4.78 is 1.83. The quantitative estimate of drug-likeness (QED) is 0.727. The van der Waals surface area contributed by atoms with Crippen LogP contribution in [0.5, 0.6) is 0 Å². The van der Waals surface area contributed by atoms with Crippen LogP contribution in [-0.2, 0) is 13.1 Å². The zero-order chi connectivity index (χ0) is 14.2. The molecule has 6 nitrogen and oxygen atoms in total. The van der Waals surface area contributed by atoms with Crippen LogP contribution in [0, 0.1) is 11.5 Å². The van der Waals surface area contributed by atoms with Crippen molar-refractivity contribution in [1.29, 1.82) is 5.26 Å². The highest BCUT2D eigenvalue weighted by Crippen LogP contribution is 2.25. The second-order valence-electron chi connectivity index (χ2n) is 4.99. The van der Waals surface area contributed by atoms with Crippen LogP contribution in [0.25, 0.3) is 17.1 Å². The predicted octanol–water partition coefficient (Wildman–Crippen LogP) is 2.06. The van der Waals surface area contributed by atoms with E-state index in [0.29, 0.717) is 13.1 Å². The number of aromatic nitrogens is 4. The molecule has 3 aromatic rings. The van der Waals surface area contributed by atoms with Gasteiger partial charge in [0.2, 0.25) is 0 Å². The Balaban J connectivity index is 1.71. The van der Waals surface area contributed by atoms with E-state index in [0.717, 1.165) is 28.3 Å². The lowest BCUT2D eigenvalue weighted by molar-refractivity contribution is 0.407. The Morgan fingerprint density at radius 1 is 1.19 bits per heavy atom. The Bertz CT molecular complexity index is 823. The van der Waals surface area contributed by atoms with Gasteiger partial charge in [0.15, 0.2) is 6.19 Å². The number of fused-ring (bicyclic) bond motifs is 1. The van der Waals surface area contributed by atoms with E-state index >= 15 is 0 Å². The van der Waals surface area contributed by atoms with Gasteiger partial charge >= 0.3 is 0 Å². The molecule has 0 amide bonds. The van der Waals surface area contributed by atoms with Crippen LogP contribution >= 0.6 is 0 Å². The van der Waals surface area contributed by atoms with E-state index in [-0.39, 0.29) is 0 Å². The van der Waals surface area contributed by atoms with E-state index in [4.69, 9.17) is 5.26 Å². The molecule has 1 aromatic carbocycles. The van der Waals surface area contributed by atoms with Gasteiger partial charge in [-0.25, -0.2) is 4.68 Å². The van der Waals surface area contributed by atoms with Gasteiger partial charge in [-0.3, -0.25) is 5.10 Å². The van der Waals surface area contributed by atoms with E-state index < -0.39 is 0 Å². The first-order valence-corrected chi connectivity index (χ1v) is 6.67. The maximum Gasteiger partial charge on any atom is 0.180 e. The molecule has 0 unspecified atom stereocenters. The van der Waals surface area contributed by atoms with Gasteiger partial charge < -0.3 is 4.90 Å². The lowest BCUT2D eigenvalue weighted by atomic mass is 10.1. The molecule has 0 fully saturated rings. The summed E-state index contributed by atoms with van der Waals surface area (Å²) in [7, 11) is 0. The van der Waals surface area contributed by atoms with Crippen LogP contribution in [0.2, 0.25) is 0 Å². The minimum Gasteiger partial charge on any atom is -0.300 e. The highest BCUT2D eigenvalue weighted by atomic mass is 15.4. The first-order valence-electron chi connectivity index (χ1n) is 6.67. The first kappa shape index (κ1) is 11.7. The number of nitriles is 1. The molecule has 0 saturated heterocycles. The standard InChI is InChI=1S/C15H12N6/c16-10-20-8-12-7-17-21(14(12)9-20)15-6-13(18-19-15)11-4-2-1-3-5-11/h1-7H,8-9H2,(H,18,19). The molecule has 4 rings (SSSR count). The molecular formula is C15H12N6. The van der Waals surface area contributed by atoms with Crippen LogP contribution in [0.1, 0.15) is 11.3 Å². The number of aromatic amines is 1. The molecule has 21 heavy (non-hydrogen) atoms. The van der Waals surface area contributed by atoms with Crippen LogP contribution in [0.15, 0.2) is 42.6 Å². The van der Waals surface area contributed by atoms with Crippen LogP contribution in [0.3, 0.4) is 0 Å². The third kappa shape index (κ3) is 1.87. The van der Waals surface area contributed by atoms with Crippen LogP contribution in [0.4, 0.5) is 0 Å². The Kier molecular flexibility index (Phi) is 2.51. The van der Waals surface area contributed by atoms with Crippen LogP contribution in [-0.4, -0.2) is 24.9 Å². The second kappa shape index (κ2) is 4.49. The SMILES string of the molecule is N#CN1Cc2cnn(-c3cc(-c4ccccc4)n[nH]3)c2C1. The summed E-state index contributed by atoms with van der Waals surface area (Å²) >= 11 is 0. The molecule has 0 saturated carbocycles. The lowest BCUT2D eigenvalue weighted by Crippen LogP contribution is -2.11. The fourth-order valence-corrected chi connectivity index (χ4v) is 2.61. The smallest absolute Gasteiger partial charge is 0.180 e. The molecule has 6 heteroatoms. The number of nitrogens with one attached hydrogen (secondary N) is 1. The molecule has 1 aliphatic heterocycles. The number of rotatable bonds is 2. The lowest BCUT2D eigenvalue weighted by Gasteiger charge is -2.05. The number of nitrogens with zero attached hydrogens (tertiary/aromatic N) is 5. The Labute approximate surface area is 121 Å². The molecule has 102 valence electrons. The normalized spacial score (nSPS) is 13.2. The van der Waals surface area contributed by atoms with Crippen molar-refractivity contribution in [1.82, 2.24) is 24.9 Å². The van der Waals surface area contributed by atoms with Gasteiger partial charge in [-0.2, -0.15) is 15.5 Å². The zero-order valence-corrected chi connectivity index (χ0v) is 11.2. The fraction of sp³-hybridized carbons (Fsp3) is 0.133. The summed E-state index contributed by atoms with van der Waals surface area (Å²) in [5.41, 5.74) is 4.07. The summed E-state index contributed by atoms with van der Waals surface area (Å²) in [5, 5.41) is 20.8. The van der Waals surface area contributed by atoms with Gasteiger partial charge in [-0.05, 0) is 0 Å². The van der Waals surface area contributed by atoms with E-state index in [9.17, 15) is 0 Å². The minimum absolute atomic E-state index is 0.589. The van der Waals surface area contributed by atoms with Gasteiger partial charge in [0, 0.05) is 17.2 Å². The third-order valence-corrected chi connectivity index (χ3v) is 3.66. The molecule has 0 atom stereocenters. The van der Waals surface area contributed by atoms with Gasteiger partial charge in [-0.15, -0.1) is 0 Å². The zero-order valence-electron chi connectivity index (χ0n) is 11.2. The average Bonchev–Trinajstić information content (AvgIpc) is 3.22. The molecule has 1 aliphatic rings. The Hall–Kier alpha value is -3.07. The largest absolute Gasteiger partial charge is 0.300 e. The summed E-state index contributed by atoms with van der Waals surface area (Å²) in [6.45, 7) is 1.22. The van der Waals surface area contributed by atoms with Gasteiger partial charge in [-0.1, -0.05) is 30.3 Å². The van der Waals surface area contributed by atoms with Crippen molar-refractivity contribution in [2.24, 2.45) is 0 Å². The molecule has 2 aromatic heterocycles. The topological polar surface area (TPSA) is 73.5 Å². The van der Waals surface area contributed by atoms with E-state index in [1.807, 2.05) is 47.3 Å². The molecular weight excluding hydrogens is 264 g/mol. The summed E-state index contributed by atoms with van der Waals surface area (Å²) in [6, 6.07) is 12.0. The van der Waals surface area contributed by atoms with Crippen molar-refractivity contribution in [3.63, 3.8) is 0 Å². The van der Waals surface area contributed by atoms with Crippen molar-refractivity contribution in [3.05, 3.63) is 53.9 Å². The highest BCUT2D eigenvalue weighted by molar-refractivity contribution is 5.60. The fourth-order valence-electron chi connectivity index (χ4n) is 2.61. The average molecular weight is 276 g/mol. The van der Waals surface area contributed by atoms with Crippen molar-refractivity contribution >= 4 is 0 Å². The van der Waals surface area contributed by atoms with Crippen molar-refractivity contribution in [3.8, 4) is 23.3 Å². The van der Waals surface area contributed by atoms with Gasteiger partial charge in [0.25, 0.3) is 0 Å². The summed E-state index contributed by atoms with van der Waals surface area (Å²) in [6.07, 6.45) is 3.99. The summed E-state index contributed by atoms with van der Waals surface area (Å²) in [5.74, 6) is 0.815. The van der Waals surface area contributed by atoms with E-state index in [1.54, 1.807) is 4.90 Å². The molecule has 0 spiro atoms. The molecule has 0 bridgehead atoms. The number of benzene rings is 1. The second-order valence-corrected chi connectivity index (χ2v) is 4.99. The number of H-pyrrole nitrogens is 1. The molecule has 3 heterocycles. The van der Waals surface area contributed by atoms with E-state index in [2.05, 4.69) is 21.5 Å². The first-order chi connectivity index (χ1) is 10.3.